The zero-order chi connectivity index (χ0) is 12.5. The van der Waals surface area contributed by atoms with E-state index in [1.54, 1.807) is 6.07 Å². The van der Waals surface area contributed by atoms with Crippen LogP contribution < -0.4 is 5.32 Å². The lowest BCUT2D eigenvalue weighted by atomic mass is 10.4. The number of hydrogen-bond donors (Lipinski definition) is 1. The van der Waals surface area contributed by atoms with Gasteiger partial charge in [-0.3, -0.25) is 4.79 Å². The van der Waals surface area contributed by atoms with E-state index in [-0.39, 0.29) is 24.0 Å². The third-order valence-corrected chi connectivity index (χ3v) is 4.54. The van der Waals surface area contributed by atoms with Gasteiger partial charge in [0.15, 0.2) is 5.03 Å². The summed E-state index contributed by atoms with van der Waals surface area (Å²) >= 11 is 3.18. The Labute approximate surface area is 107 Å². The molecule has 1 fully saturated rings. The molecule has 1 saturated heterocycles. The first kappa shape index (κ1) is 12.5. The van der Waals surface area contributed by atoms with Gasteiger partial charge in [0.2, 0.25) is 5.91 Å². The van der Waals surface area contributed by atoms with Crippen LogP contribution in [0.2, 0.25) is 0 Å². The molecule has 2 rings (SSSR count). The van der Waals surface area contributed by atoms with Crippen LogP contribution in [0, 0.1) is 0 Å². The van der Waals surface area contributed by atoms with Gasteiger partial charge in [0.1, 0.15) is 0 Å². The van der Waals surface area contributed by atoms with Gasteiger partial charge in [-0.15, -0.1) is 0 Å². The van der Waals surface area contributed by atoms with Crippen LogP contribution in [0.3, 0.4) is 0 Å². The number of nitrogens with zero attached hydrogens (tertiary/aromatic N) is 2. The number of nitrogens with one attached hydrogen (secondary N) is 1. The molecule has 0 aliphatic carbocycles. The van der Waals surface area contributed by atoms with Gasteiger partial charge >= 0.3 is 0 Å². The Bertz CT molecular complexity index is 529. The summed E-state index contributed by atoms with van der Waals surface area (Å²) in [6.07, 6.45) is 1.41. The van der Waals surface area contributed by atoms with Gasteiger partial charge in [0.25, 0.3) is 10.0 Å². The maximum Gasteiger partial charge on any atom is 0.261 e. The highest BCUT2D eigenvalue weighted by Crippen LogP contribution is 2.16. The number of amides is 1. The number of aromatic nitrogens is 1. The van der Waals surface area contributed by atoms with Crippen molar-refractivity contribution in [1.29, 1.82) is 0 Å². The molecule has 1 aromatic heterocycles. The Kier molecular flexibility index (Phi) is 3.45. The highest BCUT2D eigenvalue weighted by atomic mass is 79.9. The van der Waals surface area contributed by atoms with Crippen molar-refractivity contribution >= 4 is 31.9 Å². The number of carbonyl (C=O) groups is 1. The van der Waals surface area contributed by atoms with E-state index in [0.29, 0.717) is 11.0 Å². The van der Waals surface area contributed by atoms with Gasteiger partial charge in [0, 0.05) is 23.8 Å². The van der Waals surface area contributed by atoms with Gasteiger partial charge in [-0.2, -0.15) is 4.31 Å². The minimum atomic E-state index is -3.67. The first-order chi connectivity index (χ1) is 8.00. The lowest BCUT2D eigenvalue weighted by molar-refractivity contribution is -0.122. The Morgan fingerprint density at radius 2 is 2.18 bits per heavy atom. The summed E-state index contributed by atoms with van der Waals surface area (Å²) in [7, 11) is -3.67. The van der Waals surface area contributed by atoms with Crippen molar-refractivity contribution < 1.29 is 13.2 Å². The molecule has 1 aromatic rings. The second kappa shape index (κ2) is 4.71. The summed E-state index contributed by atoms with van der Waals surface area (Å²) in [5.41, 5.74) is 0. The molecule has 1 aliphatic heterocycles. The molecule has 0 atom stereocenters. The number of halogens is 1. The molecular formula is C9H10BrN3O3S. The minimum absolute atomic E-state index is 0.0459. The zero-order valence-electron chi connectivity index (χ0n) is 8.76. The summed E-state index contributed by atoms with van der Waals surface area (Å²) in [5.74, 6) is -0.295. The minimum Gasteiger partial charge on any atom is -0.354 e. The third kappa shape index (κ3) is 2.64. The Hall–Kier alpha value is -0.990. The van der Waals surface area contributed by atoms with Crippen LogP contribution in [-0.4, -0.2) is 43.2 Å². The molecule has 1 aliphatic rings. The van der Waals surface area contributed by atoms with Crippen molar-refractivity contribution in [1.82, 2.24) is 14.6 Å². The number of piperazine rings is 1. The van der Waals surface area contributed by atoms with Crippen LogP contribution in [0.25, 0.3) is 0 Å². The summed E-state index contributed by atoms with van der Waals surface area (Å²) in [5, 5.41) is 2.53. The fourth-order valence-electron chi connectivity index (χ4n) is 1.47. The monoisotopic (exact) mass is 319 g/mol. The average Bonchev–Trinajstić information content (AvgIpc) is 2.29. The fourth-order valence-corrected chi connectivity index (χ4v) is 3.01. The van der Waals surface area contributed by atoms with E-state index in [0.717, 1.165) is 4.31 Å². The molecule has 1 amide bonds. The highest BCUT2D eigenvalue weighted by molar-refractivity contribution is 9.10. The van der Waals surface area contributed by atoms with Crippen LogP contribution in [0.15, 0.2) is 27.8 Å². The number of sulfonamides is 1. The van der Waals surface area contributed by atoms with Gasteiger partial charge in [0.05, 0.1) is 6.54 Å². The molecule has 1 N–H and O–H groups in total. The van der Waals surface area contributed by atoms with Crippen molar-refractivity contribution in [3.8, 4) is 0 Å². The topological polar surface area (TPSA) is 79.4 Å². The van der Waals surface area contributed by atoms with Crippen molar-refractivity contribution in [2.45, 2.75) is 5.03 Å². The Balaban J connectivity index is 2.29. The zero-order valence-corrected chi connectivity index (χ0v) is 11.2. The quantitative estimate of drug-likeness (QED) is 0.830. The van der Waals surface area contributed by atoms with E-state index in [1.165, 1.54) is 12.3 Å². The lowest BCUT2D eigenvalue weighted by Crippen LogP contribution is -2.49. The van der Waals surface area contributed by atoms with Gasteiger partial charge in [-0.25, -0.2) is 13.4 Å². The third-order valence-electron chi connectivity index (χ3n) is 2.31. The Morgan fingerprint density at radius 3 is 2.76 bits per heavy atom. The molecule has 17 heavy (non-hydrogen) atoms. The second-order valence-electron chi connectivity index (χ2n) is 3.50. The van der Waals surface area contributed by atoms with Crippen LogP contribution in [-0.2, 0) is 14.8 Å². The predicted molar refractivity (Wildman–Crippen MR) is 63.7 cm³/mol. The van der Waals surface area contributed by atoms with Gasteiger partial charge in [-0.1, -0.05) is 0 Å². The molecule has 6 nitrogen and oxygen atoms in total. The van der Waals surface area contributed by atoms with E-state index >= 15 is 0 Å². The number of rotatable bonds is 2. The molecule has 8 heteroatoms. The largest absolute Gasteiger partial charge is 0.354 e. The van der Waals surface area contributed by atoms with Gasteiger partial charge in [-0.05, 0) is 28.1 Å². The van der Waals surface area contributed by atoms with Crippen LogP contribution in [0.4, 0.5) is 0 Å². The van der Waals surface area contributed by atoms with E-state index in [2.05, 4.69) is 26.2 Å². The summed E-state index contributed by atoms with van der Waals surface area (Å²) in [6.45, 7) is 0.445. The molecule has 2 heterocycles. The number of pyridine rings is 1. The predicted octanol–water partition coefficient (Wildman–Crippen LogP) is -0.0354. The molecule has 0 aromatic carbocycles. The smallest absolute Gasteiger partial charge is 0.261 e. The van der Waals surface area contributed by atoms with Crippen molar-refractivity contribution in [2.75, 3.05) is 19.6 Å². The van der Waals surface area contributed by atoms with E-state index in [4.69, 9.17) is 0 Å². The number of hydrogen-bond acceptors (Lipinski definition) is 4. The summed E-state index contributed by atoms with van der Waals surface area (Å²) in [6, 6.07) is 3.01. The van der Waals surface area contributed by atoms with E-state index < -0.39 is 10.0 Å². The molecule has 92 valence electrons. The SMILES string of the molecule is O=C1CN(S(=O)(=O)c2ccc(Br)cn2)CCN1. The first-order valence-electron chi connectivity index (χ1n) is 4.88. The Morgan fingerprint density at radius 1 is 1.41 bits per heavy atom. The van der Waals surface area contributed by atoms with E-state index in [1.807, 2.05) is 0 Å². The molecule has 0 radical (unpaired) electrons. The standard InChI is InChI=1S/C9H10BrN3O3S/c10-7-1-2-9(12-5-7)17(15,16)13-4-3-11-8(14)6-13/h1-2,5H,3-4,6H2,(H,11,14). The molecule has 0 unspecified atom stereocenters. The van der Waals surface area contributed by atoms with Crippen molar-refractivity contribution in [3.05, 3.63) is 22.8 Å². The maximum atomic E-state index is 12.1. The number of carbonyl (C=O) groups excluding carboxylic acids is 1. The highest BCUT2D eigenvalue weighted by Gasteiger charge is 2.29. The van der Waals surface area contributed by atoms with Crippen molar-refractivity contribution in [3.63, 3.8) is 0 Å². The maximum absolute atomic E-state index is 12.1. The fraction of sp³-hybridized carbons (Fsp3) is 0.333. The lowest BCUT2D eigenvalue weighted by Gasteiger charge is -2.25. The molecular weight excluding hydrogens is 310 g/mol. The normalized spacial score (nSPS) is 17.8. The summed E-state index contributed by atoms with van der Waals surface area (Å²) in [4.78, 5) is 15.0. The van der Waals surface area contributed by atoms with Crippen LogP contribution >= 0.6 is 15.9 Å². The molecule has 0 spiro atoms. The second-order valence-corrected chi connectivity index (χ2v) is 6.30. The van der Waals surface area contributed by atoms with Crippen LogP contribution in [0.5, 0.6) is 0 Å². The summed E-state index contributed by atoms with van der Waals surface area (Å²) < 4.78 is 26.1. The first-order valence-corrected chi connectivity index (χ1v) is 7.12. The molecule has 0 saturated carbocycles. The van der Waals surface area contributed by atoms with Crippen LogP contribution in [0.1, 0.15) is 0 Å². The van der Waals surface area contributed by atoms with Crippen molar-refractivity contribution in [2.24, 2.45) is 0 Å². The van der Waals surface area contributed by atoms with Gasteiger partial charge < -0.3 is 5.32 Å². The average molecular weight is 320 g/mol. The van der Waals surface area contributed by atoms with E-state index in [9.17, 15) is 13.2 Å². The molecule has 0 bridgehead atoms.